The molecule has 0 aromatic carbocycles. The first-order valence-electron chi connectivity index (χ1n) is 4.62. The van der Waals surface area contributed by atoms with Crippen LogP contribution in [0.5, 0.6) is 0 Å². The molecule has 1 saturated carbocycles. The first kappa shape index (κ1) is 8.76. The molecule has 0 radical (unpaired) electrons. The summed E-state index contributed by atoms with van der Waals surface area (Å²) < 4.78 is 0. The van der Waals surface area contributed by atoms with Crippen molar-refractivity contribution in [3.05, 3.63) is 0 Å². The van der Waals surface area contributed by atoms with E-state index >= 15 is 0 Å². The van der Waals surface area contributed by atoms with Crippen LogP contribution in [0.15, 0.2) is 0 Å². The van der Waals surface area contributed by atoms with Crippen LogP contribution in [0.1, 0.15) is 33.6 Å². The van der Waals surface area contributed by atoms with E-state index in [1.807, 2.05) is 0 Å². The van der Waals surface area contributed by atoms with E-state index in [0.717, 1.165) is 24.5 Å². The first-order chi connectivity index (χ1) is 5.16. The zero-order valence-corrected chi connectivity index (χ0v) is 7.71. The van der Waals surface area contributed by atoms with Crippen molar-refractivity contribution in [2.45, 2.75) is 33.6 Å². The molecule has 11 heavy (non-hydrogen) atoms. The summed E-state index contributed by atoms with van der Waals surface area (Å²) >= 11 is 0. The molecule has 0 aliphatic heterocycles. The number of carbonyl (C=O) groups is 1. The Bertz CT molecular complexity index is 140. The third-order valence-electron chi connectivity index (χ3n) is 3.22. The van der Waals surface area contributed by atoms with Gasteiger partial charge in [0.1, 0.15) is 6.29 Å². The van der Waals surface area contributed by atoms with Crippen molar-refractivity contribution in [2.75, 3.05) is 0 Å². The number of carbonyl (C=O) groups excluding carboxylic acids is 1. The van der Waals surface area contributed by atoms with E-state index in [4.69, 9.17) is 0 Å². The molecule has 0 aromatic heterocycles. The highest BCUT2D eigenvalue weighted by atomic mass is 16.1. The molecule has 0 heterocycles. The van der Waals surface area contributed by atoms with Crippen molar-refractivity contribution >= 4 is 6.29 Å². The topological polar surface area (TPSA) is 17.1 Å². The zero-order valence-electron chi connectivity index (χ0n) is 7.71. The maximum Gasteiger partial charge on any atom is 0.123 e. The summed E-state index contributed by atoms with van der Waals surface area (Å²) in [6.45, 7) is 6.74. The molecule has 0 amide bonds. The molecule has 0 N–H and O–H groups in total. The Morgan fingerprint density at radius 2 is 2.00 bits per heavy atom. The van der Waals surface area contributed by atoms with Gasteiger partial charge in [-0.1, -0.05) is 20.8 Å². The van der Waals surface area contributed by atoms with E-state index in [-0.39, 0.29) is 0 Å². The predicted molar refractivity (Wildman–Crippen MR) is 46.3 cm³/mol. The van der Waals surface area contributed by atoms with Crippen LogP contribution in [0.3, 0.4) is 0 Å². The summed E-state index contributed by atoms with van der Waals surface area (Å²) in [6, 6.07) is 0. The van der Waals surface area contributed by atoms with Gasteiger partial charge in [-0.3, -0.25) is 0 Å². The zero-order chi connectivity index (χ0) is 8.43. The van der Waals surface area contributed by atoms with Gasteiger partial charge in [0.2, 0.25) is 0 Å². The highest BCUT2D eigenvalue weighted by Crippen LogP contribution is 2.39. The number of hydrogen-bond donors (Lipinski definition) is 0. The van der Waals surface area contributed by atoms with Gasteiger partial charge >= 0.3 is 0 Å². The lowest BCUT2D eigenvalue weighted by atomic mass is 9.84. The second kappa shape index (κ2) is 3.38. The van der Waals surface area contributed by atoms with Crippen LogP contribution >= 0.6 is 0 Å². The summed E-state index contributed by atoms with van der Waals surface area (Å²) in [4.78, 5) is 10.6. The molecule has 0 spiro atoms. The number of hydrogen-bond acceptors (Lipinski definition) is 1. The number of aldehydes is 1. The molecule has 1 aliphatic carbocycles. The fourth-order valence-electron chi connectivity index (χ4n) is 2.36. The van der Waals surface area contributed by atoms with E-state index in [9.17, 15) is 4.79 Å². The molecule has 1 rings (SSSR count). The van der Waals surface area contributed by atoms with E-state index in [0.29, 0.717) is 11.8 Å². The molecular weight excluding hydrogens is 136 g/mol. The fraction of sp³-hybridized carbons (Fsp3) is 0.900. The van der Waals surface area contributed by atoms with Crippen LogP contribution in [0, 0.1) is 23.7 Å². The third kappa shape index (κ3) is 1.63. The van der Waals surface area contributed by atoms with Gasteiger partial charge < -0.3 is 4.79 Å². The molecule has 1 fully saturated rings. The molecule has 0 saturated heterocycles. The van der Waals surface area contributed by atoms with Gasteiger partial charge in [0, 0.05) is 5.92 Å². The first-order valence-corrected chi connectivity index (χ1v) is 4.62. The van der Waals surface area contributed by atoms with Gasteiger partial charge in [0.25, 0.3) is 0 Å². The smallest absolute Gasteiger partial charge is 0.123 e. The molecule has 3 unspecified atom stereocenters. The summed E-state index contributed by atoms with van der Waals surface area (Å²) in [5, 5.41) is 0. The molecule has 64 valence electrons. The molecule has 1 nitrogen and oxygen atoms in total. The van der Waals surface area contributed by atoms with Gasteiger partial charge in [-0.15, -0.1) is 0 Å². The summed E-state index contributed by atoms with van der Waals surface area (Å²) in [5.41, 5.74) is 0. The van der Waals surface area contributed by atoms with Crippen LogP contribution in [-0.4, -0.2) is 6.29 Å². The quantitative estimate of drug-likeness (QED) is 0.558. The van der Waals surface area contributed by atoms with Gasteiger partial charge in [-0.2, -0.15) is 0 Å². The van der Waals surface area contributed by atoms with Gasteiger partial charge in [0.15, 0.2) is 0 Å². The average molecular weight is 154 g/mol. The van der Waals surface area contributed by atoms with E-state index < -0.39 is 0 Å². The van der Waals surface area contributed by atoms with Gasteiger partial charge in [-0.05, 0) is 30.6 Å². The highest BCUT2D eigenvalue weighted by molar-refractivity contribution is 5.54. The van der Waals surface area contributed by atoms with Crippen LogP contribution < -0.4 is 0 Å². The molecule has 1 heteroatoms. The summed E-state index contributed by atoms with van der Waals surface area (Å²) in [6.07, 6.45) is 3.52. The van der Waals surface area contributed by atoms with Crippen molar-refractivity contribution in [3.63, 3.8) is 0 Å². The van der Waals surface area contributed by atoms with Crippen LogP contribution in [0.25, 0.3) is 0 Å². The summed E-state index contributed by atoms with van der Waals surface area (Å²) in [5.74, 6) is 2.50. The highest BCUT2D eigenvalue weighted by Gasteiger charge is 2.33. The van der Waals surface area contributed by atoms with Crippen molar-refractivity contribution in [1.29, 1.82) is 0 Å². The monoisotopic (exact) mass is 154 g/mol. The molecule has 3 atom stereocenters. The van der Waals surface area contributed by atoms with Crippen molar-refractivity contribution in [1.82, 2.24) is 0 Å². The Morgan fingerprint density at radius 3 is 2.27 bits per heavy atom. The largest absolute Gasteiger partial charge is 0.303 e. The Kier molecular flexibility index (Phi) is 2.69. The molecule has 1 aliphatic rings. The average Bonchev–Trinajstić information content (AvgIpc) is 2.30. The Labute approximate surface area is 69.2 Å². The number of rotatable bonds is 2. The minimum absolute atomic E-state index is 0.349. The SMILES string of the molecule is CC(C)C1CCC(C=O)C1C. The standard InChI is InChI=1S/C10H18O/c1-7(2)10-5-4-9(6-11)8(10)3/h6-10H,4-5H2,1-3H3. The minimum atomic E-state index is 0.349. The molecule has 0 aromatic rings. The fourth-order valence-corrected chi connectivity index (χ4v) is 2.36. The predicted octanol–water partition coefficient (Wildman–Crippen LogP) is 2.50. The van der Waals surface area contributed by atoms with Crippen molar-refractivity contribution < 1.29 is 4.79 Å². The second-order valence-electron chi connectivity index (χ2n) is 4.14. The van der Waals surface area contributed by atoms with Crippen LogP contribution in [0.2, 0.25) is 0 Å². The lowest BCUT2D eigenvalue weighted by Gasteiger charge is -2.20. The Hall–Kier alpha value is -0.330. The summed E-state index contributed by atoms with van der Waals surface area (Å²) in [7, 11) is 0. The van der Waals surface area contributed by atoms with Crippen LogP contribution in [0.4, 0.5) is 0 Å². The third-order valence-corrected chi connectivity index (χ3v) is 3.22. The maximum atomic E-state index is 10.6. The van der Waals surface area contributed by atoms with Crippen molar-refractivity contribution in [3.8, 4) is 0 Å². The lowest BCUT2D eigenvalue weighted by molar-refractivity contribution is -0.112. The van der Waals surface area contributed by atoms with Gasteiger partial charge in [0.05, 0.1) is 0 Å². The second-order valence-corrected chi connectivity index (χ2v) is 4.14. The molecular formula is C10H18O. The Balaban J connectivity index is 2.55. The van der Waals surface area contributed by atoms with E-state index in [1.54, 1.807) is 0 Å². The maximum absolute atomic E-state index is 10.6. The lowest BCUT2D eigenvalue weighted by Crippen LogP contribution is -2.16. The Morgan fingerprint density at radius 1 is 1.36 bits per heavy atom. The normalized spacial score (nSPS) is 38.0. The van der Waals surface area contributed by atoms with E-state index in [2.05, 4.69) is 20.8 Å². The van der Waals surface area contributed by atoms with Crippen molar-refractivity contribution in [2.24, 2.45) is 23.7 Å². The van der Waals surface area contributed by atoms with Gasteiger partial charge in [-0.25, -0.2) is 0 Å². The molecule has 0 bridgehead atoms. The van der Waals surface area contributed by atoms with E-state index in [1.165, 1.54) is 6.42 Å². The van der Waals surface area contributed by atoms with Crippen LogP contribution in [-0.2, 0) is 4.79 Å². The minimum Gasteiger partial charge on any atom is -0.303 e.